The molecule has 0 unspecified atom stereocenters. The van der Waals surface area contributed by atoms with Crippen molar-refractivity contribution < 1.29 is 4.79 Å². The first-order valence-corrected chi connectivity index (χ1v) is 4.59. The number of likely N-dealkylation sites (tertiary alicyclic amines) is 1. The predicted molar refractivity (Wildman–Crippen MR) is 49.4 cm³/mol. The van der Waals surface area contributed by atoms with E-state index >= 15 is 0 Å². The summed E-state index contributed by atoms with van der Waals surface area (Å²) in [7, 11) is 0. The number of hydrogen-bond donors (Lipinski definition) is 0. The Balaban J connectivity index is 2.68. The third-order valence-electron chi connectivity index (χ3n) is 2.11. The molecule has 1 rings (SSSR count). The van der Waals surface area contributed by atoms with Gasteiger partial charge in [-0.25, -0.2) is 0 Å². The smallest absolute Gasteiger partial charge is 0.283 e. The van der Waals surface area contributed by atoms with Crippen molar-refractivity contribution in [2.75, 3.05) is 6.54 Å². The van der Waals surface area contributed by atoms with E-state index in [9.17, 15) is 4.79 Å². The van der Waals surface area contributed by atoms with Crippen LogP contribution in [0.25, 0.3) is 0 Å². The van der Waals surface area contributed by atoms with Crippen molar-refractivity contribution in [3.05, 3.63) is 0 Å². The van der Waals surface area contributed by atoms with Gasteiger partial charge in [0.15, 0.2) is 0 Å². The third-order valence-corrected chi connectivity index (χ3v) is 2.70. The standard InChI is InChI=1S/C7H12INO/c1-7(2)4-3-5-9(7)6(8)10/h3-5H2,1-2H3. The first-order valence-electron chi connectivity index (χ1n) is 3.51. The lowest BCUT2D eigenvalue weighted by Gasteiger charge is -2.29. The zero-order valence-electron chi connectivity index (χ0n) is 6.35. The molecule has 0 aromatic heterocycles. The first-order chi connectivity index (χ1) is 4.54. The van der Waals surface area contributed by atoms with Gasteiger partial charge in [0.1, 0.15) is 0 Å². The Morgan fingerprint density at radius 1 is 1.60 bits per heavy atom. The molecule has 1 aliphatic rings. The van der Waals surface area contributed by atoms with Crippen LogP contribution in [0.3, 0.4) is 0 Å². The Bertz CT molecular complexity index is 156. The molecule has 1 heterocycles. The Hall–Kier alpha value is 0.200. The minimum atomic E-state index is 0.109. The predicted octanol–water partition coefficient (Wildman–Crippen LogP) is 2.42. The fraction of sp³-hybridized carbons (Fsp3) is 0.857. The van der Waals surface area contributed by atoms with Gasteiger partial charge in [-0.2, -0.15) is 0 Å². The molecule has 1 saturated heterocycles. The van der Waals surface area contributed by atoms with E-state index in [1.807, 2.05) is 27.5 Å². The maximum absolute atomic E-state index is 11.0. The van der Waals surface area contributed by atoms with Gasteiger partial charge >= 0.3 is 0 Å². The zero-order valence-corrected chi connectivity index (χ0v) is 8.51. The number of rotatable bonds is 0. The van der Waals surface area contributed by atoms with Crippen LogP contribution >= 0.6 is 22.6 Å². The van der Waals surface area contributed by atoms with E-state index < -0.39 is 0 Å². The molecule has 0 bridgehead atoms. The van der Waals surface area contributed by atoms with E-state index in [0.717, 1.165) is 19.4 Å². The van der Waals surface area contributed by atoms with Gasteiger partial charge in [-0.1, -0.05) is 0 Å². The third kappa shape index (κ3) is 1.44. The average Bonchev–Trinajstić information content (AvgIpc) is 2.08. The molecule has 10 heavy (non-hydrogen) atoms. The average molecular weight is 253 g/mol. The lowest BCUT2D eigenvalue weighted by molar-refractivity contribution is 0.192. The second-order valence-electron chi connectivity index (χ2n) is 3.32. The highest BCUT2D eigenvalue weighted by Gasteiger charge is 2.33. The van der Waals surface area contributed by atoms with Gasteiger partial charge in [-0.05, 0) is 26.7 Å². The summed E-state index contributed by atoms with van der Waals surface area (Å²) in [5, 5.41) is 0. The number of hydrogen-bond acceptors (Lipinski definition) is 1. The van der Waals surface area contributed by atoms with Gasteiger partial charge in [0.2, 0.25) is 0 Å². The fourth-order valence-electron chi connectivity index (χ4n) is 1.43. The largest absolute Gasteiger partial charge is 0.329 e. The maximum atomic E-state index is 11.0. The summed E-state index contributed by atoms with van der Waals surface area (Å²) < 4.78 is 0.181. The van der Waals surface area contributed by atoms with Gasteiger partial charge in [0, 0.05) is 34.7 Å². The summed E-state index contributed by atoms with van der Waals surface area (Å²) in [6, 6.07) is 0. The van der Waals surface area contributed by atoms with Crippen molar-refractivity contribution >= 4 is 26.5 Å². The second-order valence-corrected chi connectivity index (χ2v) is 4.24. The van der Waals surface area contributed by atoms with Gasteiger partial charge in [0.25, 0.3) is 3.91 Å². The highest BCUT2D eigenvalue weighted by molar-refractivity contribution is 14.1. The number of carbonyl (C=O) groups excluding carboxylic acids is 1. The van der Waals surface area contributed by atoms with Crippen LogP contribution in [-0.4, -0.2) is 20.9 Å². The van der Waals surface area contributed by atoms with Crippen molar-refractivity contribution in [3.8, 4) is 0 Å². The summed E-state index contributed by atoms with van der Waals surface area (Å²) in [6.45, 7) is 5.18. The Kier molecular flexibility index (Phi) is 2.22. The molecule has 2 nitrogen and oxygen atoms in total. The minimum Gasteiger partial charge on any atom is -0.329 e. The zero-order chi connectivity index (χ0) is 7.78. The van der Waals surface area contributed by atoms with Crippen LogP contribution in [0.2, 0.25) is 0 Å². The molecule has 0 N–H and O–H groups in total. The van der Waals surface area contributed by atoms with Crippen molar-refractivity contribution in [1.82, 2.24) is 4.90 Å². The molecule has 3 heteroatoms. The Morgan fingerprint density at radius 2 is 2.20 bits per heavy atom. The van der Waals surface area contributed by atoms with E-state index in [4.69, 9.17) is 0 Å². The van der Waals surface area contributed by atoms with Crippen LogP contribution in [0.4, 0.5) is 4.79 Å². The van der Waals surface area contributed by atoms with E-state index in [1.165, 1.54) is 0 Å². The summed E-state index contributed by atoms with van der Waals surface area (Å²) in [5.74, 6) is 0. The molecule has 0 aromatic rings. The lowest BCUT2D eigenvalue weighted by atomic mass is 10.0. The van der Waals surface area contributed by atoms with Crippen molar-refractivity contribution in [3.63, 3.8) is 0 Å². The molecule has 0 aromatic carbocycles. The molecular weight excluding hydrogens is 241 g/mol. The van der Waals surface area contributed by atoms with E-state index in [0.29, 0.717) is 0 Å². The van der Waals surface area contributed by atoms with E-state index in [1.54, 1.807) is 0 Å². The maximum Gasteiger partial charge on any atom is 0.283 e. The molecular formula is C7H12INO. The molecule has 0 saturated carbocycles. The van der Waals surface area contributed by atoms with Crippen LogP contribution < -0.4 is 0 Å². The molecule has 0 radical (unpaired) electrons. The second kappa shape index (κ2) is 2.68. The number of amides is 1. The summed E-state index contributed by atoms with van der Waals surface area (Å²) in [6.07, 6.45) is 2.30. The molecule has 1 fully saturated rings. The Labute approximate surface area is 75.1 Å². The van der Waals surface area contributed by atoms with Crippen molar-refractivity contribution in [1.29, 1.82) is 0 Å². The molecule has 1 amide bonds. The quantitative estimate of drug-likeness (QED) is 0.369. The van der Waals surface area contributed by atoms with Crippen molar-refractivity contribution in [2.24, 2.45) is 0 Å². The highest BCUT2D eigenvalue weighted by atomic mass is 127. The summed E-state index contributed by atoms with van der Waals surface area (Å²) in [5.41, 5.74) is 0.109. The van der Waals surface area contributed by atoms with Gasteiger partial charge in [-0.3, -0.25) is 4.79 Å². The summed E-state index contributed by atoms with van der Waals surface area (Å²) in [4.78, 5) is 12.9. The monoisotopic (exact) mass is 253 g/mol. The fourth-order valence-corrected chi connectivity index (χ4v) is 2.33. The molecule has 1 aliphatic heterocycles. The lowest BCUT2D eigenvalue weighted by Crippen LogP contribution is -2.39. The van der Waals surface area contributed by atoms with E-state index in [-0.39, 0.29) is 9.45 Å². The number of nitrogens with zero attached hydrogens (tertiary/aromatic N) is 1. The van der Waals surface area contributed by atoms with Crippen LogP contribution in [-0.2, 0) is 0 Å². The van der Waals surface area contributed by atoms with Gasteiger partial charge in [0.05, 0.1) is 0 Å². The number of halogens is 1. The van der Waals surface area contributed by atoms with Crippen LogP contribution in [0.5, 0.6) is 0 Å². The highest BCUT2D eigenvalue weighted by Crippen LogP contribution is 2.29. The molecule has 58 valence electrons. The van der Waals surface area contributed by atoms with E-state index in [2.05, 4.69) is 13.8 Å². The normalized spacial score (nSPS) is 23.3. The minimum absolute atomic E-state index is 0.109. The topological polar surface area (TPSA) is 20.3 Å². The molecule has 0 atom stereocenters. The van der Waals surface area contributed by atoms with Crippen LogP contribution in [0, 0.1) is 0 Å². The Morgan fingerprint density at radius 3 is 2.40 bits per heavy atom. The SMILES string of the molecule is CC1(C)CCCN1C(=O)I. The van der Waals surface area contributed by atoms with Gasteiger partial charge in [-0.15, -0.1) is 0 Å². The summed E-state index contributed by atoms with van der Waals surface area (Å²) >= 11 is 1.86. The molecule has 0 spiro atoms. The first kappa shape index (κ1) is 8.30. The molecule has 0 aliphatic carbocycles. The number of carbonyl (C=O) groups is 1. The van der Waals surface area contributed by atoms with Crippen LogP contribution in [0.1, 0.15) is 26.7 Å². The van der Waals surface area contributed by atoms with Crippen LogP contribution in [0.15, 0.2) is 0 Å². The van der Waals surface area contributed by atoms with Gasteiger partial charge < -0.3 is 4.90 Å². The van der Waals surface area contributed by atoms with Crippen molar-refractivity contribution in [2.45, 2.75) is 32.2 Å².